The minimum Gasteiger partial charge on any atom is -0.341 e. The van der Waals surface area contributed by atoms with Crippen LogP contribution in [0.3, 0.4) is 0 Å². The van der Waals surface area contributed by atoms with Crippen LogP contribution >= 0.6 is 0 Å². The highest BCUT2D eigenvalue weighted by molar-refractivity contribution is 6.22. The van der Waals surface area contributed by atoms with Crippen LogP contribution in [0.4, 0.5) is 23.5 Å². The Balaban J connectivity index is 1.35. The first kappa shape index (κ1) is 19.2. The average Bonchev–Trinajstić information content (AvgIpc) is 3.47. The number of carbonyl (C=O) groups is 1. The zero-order chi connectivity index (χ0) is 21.5. The first-order valence-electron chi connectivity index (χ1n) is 11.6. The number of aromatic nitrogens is 3. The summed E-state index contributed by atoms with van der Waals surface area (Å²) in [5.74, 6) is 2.15. The van der Waals surface area contributed by atoms with Crippen molar-refractivity contribution >= 4 is 29.3 Å². The SMILES string of the molecule is O=C1c2ccccc2-c2cc(Nc3nc(N4CCCCC4)nc(N4CCCC4)n3)ccc21. The largest absolute Gasteiger partial charge is 0.341 e. The summed E-state index contributed by atoms with van der Waals surface area (Å²) in [6.07, 6.45) is 5.95. The van der Waals surface area contributed by atoms with Gasteiger partial charge in [0.25, 0.3) is 0 Å². The lowest BCUT2D eigenvalue weighted by Crippen LogP contribution is -2.32. The first-order valence-corrected chi connectivity index (χ1v) is 11.6. The van der Waals surface area contributed by atoms with Gasteiger partial charge in [-0.15, -0.1) is 0 Å². The number of ketones is 1. The van der Waals surface area contributed by atoms with Crippen LogP contribution in [0.1, 0.15) is 48.0 Å². The van der Waals surface area contributed by atoms with E-state index in [2.05, 4.69) is 15.1 Å². The molecule has 0 saturated carbocycles. The smallest absolute Gasteiger partial charge is 0.233 e. The first-order chi connectivity index (χ1) is 15.8. The third-order valence-corrected chi connectivity index (χ3v) is 6.62. The van der Waals surface area contributed by atoms with Gasteiger partial charge < -0.3 is 15.1 Å². The molecule has 0 unspecified atom stereocenters. The third-order valence-electron chi connectivity index (χ3n) is 6.62. The van der Waals surface area contributed by atoms with Crippen molar-refractivity contribution in [1.82, 2.24) is 15.0 Å². The average molecular weight is 427 g/mol. The Labute approximate surface area is 187 Å². The zero-order valence-electron chi connectivity index (χ0n) is 18.0. The van der Waals surface area contributed by atoms with Crippen molar-refractivity contribution in [2.24, 2.45) is 0 Å². The lowest BCUT2D eigenvalue weighted by molar-refractivity contribution is 0.104. The summed E-state index contributed by atoms with van der Waals surface area (Å²) in [6.45, 7) is 3.95. The zero-order valence-corrected chi connectivity index (χ0v) is 18.0. The summed E-state index contributed by atoms with van der Waals surface area (Å²) in [5.41, 5.74) is 4.33. The number of hydrogen-bond acceptors (Lipinski definition) is 7. The second kappa shape index (κ2) is 7.89. The maximum Gasteiger partial charge on any atom is 0.233 e. The van der Waals surface area contributed by atoms with E-state index in [4.69, 9.17) is 15.0 Å². The van der Waals surface area contributed by atoms with Crippen LogP contribution in [0.2, 0.25) is 0 Å². The monoisotopic (exact) mass is 426 g/mol. The highest BCUT2D eigenvalue weighted by Crippen LogP contribution is 2.38. The fourth-order valence-corrected chi connectivity index (χ4v) is 4.94. The molecule has 2 fully saturated rings. The number of piperidine rings is 1. The molecule has 7 nitrogen and oxygen atoms in total. The van der Waals surface area contributed by atoms with Crippen molar-refractivity contribution < 1.29 is 4.79 Å². The molecule has 6 rings (SSSR count). The van der Waals surface area contributed by atoms with E-state index in [1.54, 1.807) is 0 Å². The Morgan fingerprint density at radius 2 is 1.25 bits per heavy atom. The van der Waals surface area contributed by atoms with Gasteiger partial charge in [-0.3, -0.25) is 4.79 Å². The molecule has 1 aromatic heterocycles. The van der Waals surface area contributed by atoms with Gasteiger partial charge in [0, 0.05) is 43.0 Å². The van der Waals surface area contributed by atoms with E-state index in [0.717, 1.165) is 66.0 Å². The van der Waals surface area contributed by atoms with Crippen molar-refractivity contribution in [3.63, 3.8) is 0 Å². The highest BCUT2D eigenvalue weighted by atomic mass is 16.1. The highest BCUT2D eigenvalue weighted by Gasteiger charge is 2.26. The summed E-state index contributed by atoms with van der Waals surface area (Å²) < 4.78 is 0. The quantitative estimate of drug-likeness (QED) is 0.518. The minimum atomic E-state index is 0.0889. The summed E-state index contributed by atoms with van der Waals surface area (Å²) in [6, 6.07) is 13.6. The molecule has 3 aliphatic rings. The van der Waals surface area contributed by atoms with E-state index < -0.39 is 0 Å². The van der Waals surface area contributed by atoms with E-state index in [9.17, 15) is 4.79 Å². The number of anilines is 4. The standard InChI is InChI=1S/C25H26N6O/c32-22-19-9-3-2-8-18(19)21-16-17(10-11-20(21)22)26-23-27-24(30-12-4-1-5-13-30)29-25(28-23)31-14-6-7-15-31/h2-3,8-11,16H,1,4-7,12-15H2,(H,26,27,28,29). The predicted octanol–water partition coefficient (Wildman–Crippen LogP) is 4.42. The summed E-state index contributed by atoms with van der Waals surface area (Å²) in [7, 11) is 0. The molecule has 2 aliphatic heterocycles. The van der Waals surface area contributed by atoms with Crippen LogP contribution in [-0.4, -0.2) is 46.9 Å². The molecule has 0 atom stereocenters. The van der Waals surface area contributed by atoms with Gasteiger partial charge in [-0.2, -0.15) is 15.0 Å². The molecule has 3 heterocycles. The Morgan fingerprint density at radius 3 is 1.94 bits per heavy atom. The van der Waals surface area contributed by atoms with Gasteiger partial charge in [0.1, 0.15) is 0 Å². The second-order valence-corrected chi connectivity index (χ2v) is 8.76. The minimum absolute atomic E-state index is 0.0889. The molecule has 0 bridgehead atoms. The van der Waals surface area contributed by atoms with Crippen molar-refractivity contribution in [3.05, 3.63) is 53.6 Å². The topological polar surface area (TPSA) is 74.2 Å². The number of hydrogen-bond donors (Lipinski definition) is 1. The van der Waals surface area contributed by atoms with Crippen LogP contribution in [0.5, 0.6) is 0 Å². The predicted molar refractivity (Wildman–Crippen MR) is 126 cm³/mol. The lowest BCUT2D eigenvalue weighted by atomic mass is 10.1. The summed E-state index contributed by atoms with van der Waals surface area (Å²) in [5, 5.41) is 3.40. The summed E-state index contributed by atoms with van der Waals surface area (Å²) >= 11 is 0. The van der Waals surface area contributed by atoms with E-state index >= 15 is 0 Å². The molecule has 7 heteroatoms. The molecule has 0 amide bonds. The van der Waals surface area contributed by atoms with Crippen LogP contribution in [0.15, 0.2) is 42.5 Å². The lowest BCUT2D eigenvalue weighted by Gasteiger charge is -2.28. The van der Waals surface area contributed by atoms with E-state index in [1.807, 2.05) is 42.5 Å². The van der Waals surface area contributed by atoms with E-state index in [1.165, 1.54) is 32.1 Å². The number of fused-ring (bicyclic) bond motifs is 3. The van der Waals surface area contributed by atoms with Crippen LogP contribution in [0.25, 0.3) is 11.1 Å². The third kappa shape index (κ3) is 3.38. The molecule has 162 valence electrons. The van der Waals surface area contributed by atoms with Crippen LogP contribution in [-0.2, 0) is 0 Å². The summed E-state index contributed by atoms with van der Waals surface area (Å²) in [4.78, 5) is 31.6. The van der Waals surface area contributed by atoms with Crippen molar-refractivity contribution in [1.29, 1.82) is 0 Å². The van der Waals surface area contributed by atoms with Crippen LogP contribution in [0, 0.1) is 0 Å². The van der Waals surface area contributed by atoms with Gasteiger partial charge in [-0.25, -0.2) is 0 Å². The molecular weight excluding hydrogens is 400 g/mol. The Hall–Kier alpha value is -3.48. The van der Waals surface area contributed by atoms with Gasteiger partial charge in [0.15, 0.2) is 5.78 Å². The molecule has 1 aliphatic carbocycles. The molecule has 0 radical (unpaired) electrons. The molecule has 3 aromatic rings. The van der Waals surface area contributed by atoms with Crippen molar-refractivity contribution in [2.75, 3.05) is 41.3 Å². The number of carbonyl (C=O) groups excluding carboxylic acids is 1. The van der Waals surface area contributed by atoms with Gasteiger partial charge in [0.2, 0.25) is 17.8 Å². The molecule has 32 heavy (non-hydrogen) atoms. The second-order valence-electron chi connectivity index (χ2n) is 8.76. The van der Waals surface area contributed by atoms with Crippen molar-refractivity contribution in [2.45, 2.75) is 32.1 Å². The van der Waals surface area contributed by atoms with Crippen LogP contribution < -0.4 is 15.1 Å². The molecule has 0 spiro atoms. The fraction of sp³-hybridized carbons (Fsp3) is 0.360. The van der Waals surface area contributed by atoms with Gasteiger partial charge >= 0.3 is 0 Å². The maximum absolute atomic E-state index is 12.7. The van der Waals surface area contributed by atoms with Crippen molar-refractivity contribution in [3.8, 4) is 11.1 Å². The van der Waals surface area contributed by atoms with Gasteiger partial charge in [-0.05, 0) is 61.4 Å². The van der Waals surface area contributed by atoms with E-state index in [0.29, 0.717) is 5.95 Å². The molecule has 2 saturated heterocycles. The number of nitrogens with zero attached hydrogens (tertiary/aromatic N) is 5. The molecular formula is C25H26N6O. The van der Waals surface area contributed by atoms with Gasteiger partial charge in [0.05, 0.1) is 0 Å². The number of nitrogens with one attached hydrogen (secondary N) is 1. The fourth-order valence-electron chi connectivity index (χ4n) is 4.94. The Kier molecular flexibility index (Phi) is 4.74. The normalized spacial score (nSPS) is 17.4. The molecule has 1 N–H and O–H groups in total. The number of benzene rings is 2. The Morgan fingerprint density at radius 1 is 0.656 bits per heavy atom. The molecule has 2 aromatic carbocycles. The Bertz CT molecular complexity index is 1180. The maximum atomic E-state index is 12.7. The van der Waals surface area contributed by atoms with Gasteiger partial charge in [-0.1, -0.05) is 24.3 Å². The number of rotatable bonds is 4. The van der Waals surface area contributed by atoms with E-state index in [-0.39, 0.29) is 5.78 Å².